The zero-order valence-electron chi connectivity index (χ0n) is 39.7. The van der Waals surface area contributed by atoms with Crippen LogP contribution in [-0.4, -0.2) is 59.5 Å². The number of hydrogen-bond donors (Lipinski definition) is 0. The molecule has 8 nitrogen and oxygen atoms in total. The smallest absolute Gasteiger partial charge is 0.107 e. The first-order valence-corrected chi connectivity index (χ1v) is 22.4. The monoisotopic (exact) mass is 843 g/mol. The minimum Gasteiger partial charge on any atom is -0.359 e. The summed E-state index contributed by atoms with van der Waals surface area (Å²) in [4.78, 5) is 18.3. The van der Waals surface area contributed by atoms with Gasteiger partial charge >= 0.3 is 0 Å². The third-order valence-electron chi connectivity index (χ3n) is 12.6. The minimum absolute atomic E-state index is 0.295. The van der Waals surface area contributed by atoms with Crippen LogP contribution in [0.4, 0.5) is 28.4 Å². The van der Waals surface area contributed by atoms with Crippen molar-refractivity contribution >= 4 is 28.4 Å². The summed E-state index contributed by atoms with van der Waals surface area (Å²) in [6.45, 7) is 21.9. The third kappa shape index (κ3) is 10.7. The first kappa shape index (κ1) is 46.0. The van der Waals surface area contributed by atoms with Gasteiger partial charge in [-0.25, -0.2) is 0 Å². The molecule has 5 aromatic carbocycles. The number of nitrogens with zero attached hydrogens (tertiary/aromatic N) is 8. The van der Waals surface area contributed by atoms with Crippen LogP contribution in [0.1, 0.15) is 63.8 Å². The highest BCUT2D eigenvalue weighted by Crippen LogP contribution is 2.32. The average molecular weight is 843 g/mol. The van der Waals surface area contributed by atoms with Gasteiger partial charge in [0.15, 0.2) is 0 Å². The highest BCUT2D eigenvalue weighted by atomic mass is 15.4. The maximum absolute atomic E-state index is 2.37. The van der Waals surface area contributed by atoms with E-state index in [4.69, 9.17) is 0 Å². The predicted octanol–water partition coefficient (Wildman–Crippen LogP) is 12.6. The van der Waals surface area contributed by atoms with E-state index < -0.39 is 0 Å². The SMILES string of the molecule is Cc1ccccc1N1C=CN(C(C)C)[C@H]1C.Cc1ccccc1N1C=CN(C)[C@H]1C.Cc1ccccc1N1C=CN(C)[C@H]1C.Cc1ccccc1N1C=CN(c2ccccc2)[C@H]1C. The molecule has 0 aliphatic carbocycles. The minimum atomic E-state index is 0.295. The van der Waals surface area contributed by atoms with Crippen LogP contribution in [-0.2, 0) is 0 Å². The Morgan fingerprint density at radius 1 is 0.333 bits per heavy atom. The second-order valence-electron chi connectivity index (χ2n) is 17.1. The lowest BCUT2D eigenvalue weighted by Crippen LogP contribution is -2.39. The normalized spacial score (nSPS) is 19.7. The molecule has 0 fully saturated rings. The molecule has 9 rings (SSSR count). The zero-order valence-corrected chi connectivity index (χ0v) is 39.7. The molecule has 4 aliphatic rings. The lowest BCUT2D eigenvalue weighted by molar-refractivity contribution is 0.263. The van der Waals surface area contributed by atoms with Gasteiger partial charge in [-0.1, -0.05) is 91.0 Å². The van der Waals surface area contributed by atoms with E-state index in [0.717, 1.165) is 0 Å². The maximum Gasteiger partial charge on any atom is 0.107 e. The van der Waals surface area contributed by atoms with E-state index in [1.807, 2.05) is 6.07 Å². The second kappa shape index (κ2) is 21.0. The quantitative estimate of drug-likeness (QED) is 0.167. The van der Waals surface area contributed by atoms with Crippen molar-refractivity contribution in [2.75, 3.05) is 38.6 Å². The Hall–Kier alpha value is -6.54. The van der Waals surface area contributed by atoms with Gasteiger partial charge in [0.05, 0.1) is 0 Å². The summed E-state index contributed by atoms with van der Waals surface area (Å²) in [6.07, 6.45) is 18.7. The van der Waals surface area contributed by atoms with Gasteiger partial charge in [0.2, 0.25) is 0 Å². The van der Waals surface area contributed by atoms with E-state index in [-0.39, 0.29) is 0 Å². The third-order valence-corrected chi connectivity index (χ3v) is 12.6. The van der Waals surface area contributed by atoms with Crippen LogP contribution in [0.15, 0.2) is 177 Å². The van der Waals surface area contributed by atoms with Crippen LogP contribution in [0.2, 0.25) is 0 Å². The van der Waals surface area contributed by atoms with Crippen molar-refractivity contribution in [1.29, 1.82) is 0 Å². The molecule has 0 N–H and O–H groups in total. The van der Waals surface area contributed by atoms with Crippen molar-refractivity contribution in [2.45, 2.75) is 99.9 Å². The van der Waals surface area contributed by atoms with Gasteiger partial charge in [-0.15, -0.1) is 0 Å². The van der Waals surface area contributed by atoms with Crippen molar-refractivity contribution in [2.24, 2.45) is 0 Å². The van der Waals surface area contributed by atoms with Gasteiger partial charge in [-0.05, 0) is 128 Å². The largest absolute Gasteiger partial charge is 0.359 e. The molecule has 5 aromatic rings. The summed E-state index contributed by atoms with van der Waals surface area (Å²) in [5.41, 5.74) is 11.6. The average Bonchev–Trinajstić information content (AvgIpc) is 4.05. The summed E-state index contributed by atoms with van der Waals surface area (Å²) in [5, 5.41) is 0. The fourth-order valence-electron chi connectivity index (χ4n) is 8.36. The zero-order chi connectivity index (χ0) is 45.2. The Labute approximate surface area is 379 Å². The van der Waals surface area contributed by atoms with Gasteiger partial charge in [-0.3, -0.25) is 0 Å². The number of aryl methyl sites for hydroxylation is 4. The summed E-state index contributed by atoms with van der Waals surface area (Å²) in [6, 6.07) is 45.0. The fourth-order valence-corrected chi connectivity index (χ4v) is 8.36. The molecule has 0 saturated heterocycles. The van der Waals surface area contributed by atoms with E-state index in [1.165, 1.54) is 50.7 Å². The van der Waals surface area contributed by atoms with Crippen molar-refractivity contribution in [3.8, 4) is 0 Å². The van der Waals surface area contributed by atoms with Gasteiger partial charge in [0.1, 0.15) is 24.7 Å². The van der Waals surface area contributed by atoms with Gasteiger partial charge in [0.25, 0.3) is 0 Å². The summed E-state index contributed by atoms with van der Waals surface area (Å²) >= 11 is 0. The van der Waals surface area contributed by atoms with Crippen LogP contribution in [0, 0.1) is 27.7 Å². The van der Waals surface area contributed by atoms with E-state index in [0.29, 0.717) is 30.7 Å². The molecular formula is C55H70N8. The summed E-state index contributed by atoms with van der Waals surface area (Å²) in [7, 11) is 4.19. The van der Waals surface area contributed by atoms with Crippen LogP contribution in [0.5, 0.6) is 0 Å². The molecule has 8 heteroatoms. The Kier molecular flexibility index (Phi) is 15.3. The first-order valence-electron chi connectivity index (χ1n) is 22.4. The molecule has 0 bridgehead atoms. The molecule has 0 saturated carbocycles. The lowest BCUT2D eigenvalue weighted by atomic mass is 10.2. The van der Waals surface area contributed by atoms with E-state index in [2.05, 4.69) is 293 Å². The van der Waals surface area contributed by atoms with Gasteiger partial charge in [-0.2, -0.15) is 0 Å². The molecule has 0 amide bonds. The second-order valence-corrected chi connectivity index (χ2v) is 17.1. The molecule has 0 unspecified atom stereocenters. The molecular weight excluding hydrogens is 773 g/mol. The number of para-hydroxylation sites is 5. The molecule has 0 spiro atoms. The summed E-state index contributed by atoms with van der Waals surface area (Å²) < 4.78 is 0. The van der Waals surface area contributed by atoms with Crippen molar-refractivity contribution in [3.63, 3.8) is 0 Å². The number of hydrogen-bond acceptors (Lipinski definition) is 8. The summed E-state index contributed by atoms with van der Waals surface area (Å²) in [5.74, 6) is 0. The first-order chi connectivity index (χ1) is 30.3. The topological polar surface area (TPSA) is 25.9 Å². The van der Waals surface area contributed by atoms with Crippen LogP contribution >= 0.6 is 0 Å². The Bertz CT molecular complexity index is 2280. The van der Waals surface area contributed by atoms with Crippen LogP contribution in [0.3, 0.4) is 0 Å². The maximum atomic E-state index is 2.37. The van der Waals surface area contributed by atoms with E-state index in [1.54, 1.807) is 0 Å². The molecule has 4 heterocycles. The van der Waals surface area contributed by atoms with E-state index in [9.17, 15) is 0 Å². The molecule has 4 atom stereocenters. The van der Waals surface area contributed by atoms with Crippen molar-refractivity contribution in [1.82, 2.24) is 14.7 Å². The number of anilines is 5. The van der Waals surface area contributed by atoms with Crippen molar-refractivity contribution in [3.05, 3.63) is 199 Å². The molecule has 0 radical (unpaired) electrons. The van der Waals surface area contributed by atoms with Crippen molar-refractivity contribution < 1.29 is 0 Å². The Morgan fingerprint density at radius 2 is 0.635 bits per heavy atom. The van der Waals surface area contributed by atoms with Crippen LogP contribution < -0.4 is 24.5 Å². The molecule has 63 heavy (non-hydrogen) atoms. The van der Waals surface area contributed by atoms with Gasteiger partial charge in [0, 0.05) is 98.2 Å². The van der Waals surface area contributed by atoms with E-state index >= 15 is 0 Å². The van der Waals surface area contributed by atoms with Crippen LogP contribution in [0.25, 0.3) is 0 Å². The Morgan fingerprint density at radius 3 is 0.968 bits per heavy atom. The molecule has 330 valence electrons. The van der Waals surface area contributed by atoms with Gasteiger partial charge < -0.3 is 39.2 Å². The Balaban J connectivity index is 0.000000141. The number of rotatable bonds is 6. The molecule has 0 aromatic heterocycles. The highest BCUT2D eigenvalue weighted by Gasteiger charge is 2.27. The predicted molar refractivity (Wildman–Crippen MR) is 270 cm³/mol. The highest BCUT2D eigenvalue weighted by molar-refractivity contribution is 5.64. The number of benzene rings is 5. The standard InChI is InChI=1S/C17H18N2.C14H20N2.2C12H16N2/c1-14-8-6-7-11-17(14)19-13-12-18(15(19)2)16-9-4-3-5-10-16;1-11(2)15-9-10-16(13(15)4)14-8-6-5-7-12(14)3;2*1-10-6-4-5-7-12(10)14-9-8-13(3)11(14)2/h3-13,15H,1-2H3;5-11,13H,1-4H3;2*4-9,11H,1-3H3/t15-;13-;2*11-/m1111/s1. The lowest BCUT2D eigenvalue weighted by Gasteiger charge is -2.33. The fraction of sp³-hybridized carbons (Fsp3) is 0.309. The molecule has 4 aliphatic heterocycles.